The van der Waals surface area contributed by atoms with Crippen LogP contribution in [0.4, 0.5) is 4.79 Å². The summed E-state index contributed by atoms with van der Waals surface area (Å²) in [4.78, 5) is 26.5. The average Bonchev–Trinajstić information content (AvgIpc) is 3.52. The van der Waals surface area contributed by atoms with Crippen LogP contribution in [0.1, 0.15) is 44.1 Å². The summed E-state index contributed by atoms with van der Waals surface area (Å²) in [5.74, 6) is 1.32. The van der Waals surface area contributed by atoms with E-state index in [0.717, 1.165) is 33.4 Å². The summed E-state index contributed by atoms with van der Waals surface area (Å²) < 4.78 is 17.8. The number of carbonyl (C=O) groups excluding carboxylic acids is 1. The van der Waals surface area contributed by atoms with Gasteiger partial charge in [-0.15, -0.1) is 10.2 Å². The lowest BCUT2D eigenvalue weighted by Gasteiger charge is -2.17. The standard InChI is InChI=1S/C34H28ClN5O6/c1-20-24(19-45-31-13-30(25(17-41)12-29(31)35)44-18-23-11-22(14-36)15-37-16-23)5-3-6-26(20)27-7-4-8-28(21(27)2)33-40-39-32(46-33)9-10-38-34(42)43/h3-8,11-13,15-17,38H,9-10,18-19H2,1-2H3,(H,42,43). The third-order valence-corrected chi connectivity index (χ3v) is 7.57. The van der Waals surface area contributed by atoms with Crippen LogP contribution in [-0.2, 0) is 19.6 Å². The molecule has 5 aromatic rings. The molecule has 0 spiro atoms. The number of carbonyl (C=O) groups is 2. The maximum atomic E-state index is 11.7. The van der Waals surface area contributed by atoms with Gasteiger partial charge in [0.15, 0.2) is 6.29 Å². The number of nitrogens with one attached hydrogen (secondary N) is 1. The fourth-order valence-electron chi connectivity index (χ4n) is 4.85. The molecule has 0 bridgehead atoms. The molecular formula is C34H28ClN5O6. The van der Waals surface area contributed by atoms with Gasteiger partial charge in [0.1, 0.15) is 30.8 Å². The first-order chi connectivity index (χ1) is 22.3. The number of halogens is 1. The Morgan fingerprint density at radius 1 is 1.00 bits per heavy atom. The zero-order valence-corrected chi connectivity index (χ0v) is 25.7. The van der Waals surface area contributed by atoms with E-state index in [9.17, 15) is 9.59 Å². The minimum Gasteiger partial charge on any atom is -0.488 e. The zero-order valence-electron chi connectivity index (χ0n) is 24.9. The average molecular weight is 638 g/mol. The van der Waals surface area contributed by atoms with Crippen LogP contribution in [0, 0.1) is 25.2 Å². The van der Waals surface area contributed by atoms with Crippen molar-refractivity contribution >= 4 is 24.0 Å². The van der Waals surface area contributed by atoms with E-state index in [-0.39, 0.29) is 42.5 Å². The SMILES string of the molecule is Cc1c(COc2cc(OCc3cncc(C#N)c3)c(C=O)cc2Cl)cccc1-c1cccc(-c2nnc(CCNC(=O)O)o2)c1C. The molecule has 0 radical (unpaired) electrons. The number of rotatable bonds is 12. The van der Waals surface area contributed by atoms with E-state index in [4.69, 9.17) is 35.9 Å². The van der Waals surface area contributed by atoms with E-state index in [0.29, 0.717) is 34.9 Å². The molecule has 3 aromatic carbocycles. The van der Waals surface area contributed by atoms with Crippen molar-refractivity contribution in [2.45, 2.75) is 33.5 Å². The number of nitriles is 1. The summed E-state index contributed by atoms with van der Waals surface area (Å²) in [5, 5.41) is 28.7. The van der Waals surface area contributed by atoms with Crippen molar-refractivity contribution in [3.05, 3.63) is 111 Å². The largest absolute Gasteiger partial charge is 0.488 e. The second kappa shape index (κ2) is 14.4. The number of carboxylic acid groups (broad SMARTS) is 1. The Bertz CT molecular complexity index is 1950. The number of benzene rings is 3. The number of hydrogen-bond donors (Lipinski definition) is 2. The van der Waals surface area contributed by atoms with Crippen LogP contribution in [-0.4, -0.2) is 39.2 Å². The molecule has 0 atom stereocenters. The van der Waals surface area contributed by atoms with Gasteiger partial charge in [-0.3, -0.25) is 9.78 Å². The number of aromatic nitrogens is 3. The van der Waals surface area contributed by atoms with Gasteiger partial charge in [0, 0.05) is 42.6 Å². The minimum absolute atomic E-state index is 0.0941. The van der Waals surface area contributed by atoms with Gasteiger partial charge < -0.3 is 24.3 Å². The summed E-state index contributed by atoms with van der Waals surface area (Å²) in [5.41, 5.74) is 6.94. The highest BCUT2D eigenvalue weighted by Crippen LogP contribution is 2.36. The first-order valence-corrected chi connectivity index (χ1v) is 14.5. The highest BCUT2D eigenvalue weighted by Gasteiger charge is 2.17. The van der Waals surface area contributed by atoms with Crippen LogP contribution in [0.5, 0.6) is 11.5 Å². The fraction of sp³-hybridized carbons (Fsp3) is 0.176. The molecule has 0 saturated heterocycles. The number of amides is 1. The van der Waals surface area contributed by atoms with Gasteiger partial charge in [-0.1, -0.05) is 41.9 Å². The van der Waals surface area contributed by atoms with Crippen molar-refractivity contribution in [3.8, 4) is 40.1 Å². The number of pyridine rings is 1. The van der Waals surface area contributed by atoms with Crippen LogP contribution >= 0.6 is 11.6 Å². The molecule has 0 aliphatic rings. The molecule has 232 valence electrons. The minimum atomic E-state index is -1.11. The Hall–Kier alpha value is -5.73. The molecule has 0 saturated carbocycles. The number of ether oxygens (including phenoxy) is 2. The van der Waals surface area contributed by atoms with Gasteiger partial charge >= 0.3 is 6.09 Å². The molecule has 0 aliphatic carbocycles. The van der Waals surface area contributed by atoms with Gasteiger partial charge in [-0.05, 0) is 59.9 Å². The molecule has 11 nitrogen and oxygen atoms in total. The monoisotopic (exact) mass is 637 g/mol. The third kappa shape index (κ3) is 7.31. The molecule has 2 heterocycles. The summed E-state index contributed by atoms with van der Waals surface area (Å²) in [6.45, 7) is 4.45. The Morgan fingerprint density at radius 3 is 2.50 bits per heavy atom. The maximum absolute atomic E-state index is 11.7. The Kier molecular flexibility index (Phi) is 9.90. The van der Waals surface area contributed by atoms with Crippen molar-refractivity contribution in [3.63, 3.8) is 0 Å². The van der Waals surface area contributed by atoms with E-state index in [1.165, 1.54) is 12.3 Å². The molecule has 0 fully saturated rings. The van der Waals surface area contributed by atoms with Crippen molar-refractivity contribution in [1.82, 2.24) is 20.5 Å². The van der Waals surface area contributed by atoms with Gasteiger partial charge in [0.05, 0.1) is 16.1 Å². The van der Waals surface area contributed by atoms with Crippen molar-refractivity contribution < 1.29 is 28.6 Å². The topological polar surface area (TPSA) is 160 Å². The lowest BCUT2D eigenvalue weighted by Crippen LogP contribution is -2.23. The zero-order chi connectivity index (χ0) is 32.6. The lowest BCUT2D eigenvalue weighted by atomic mass is 9.91. The third-order valence-electron chi connectivity index (χ3n) is 7.28. The smallest absolute Gasteiger partial charge is 0.404 e. The van der Waals surface area contributed by atoms with E-state index >= 15 is 0 Å². The summed E-state index contributed by atoms with van der Waals surface area (Å²) >= 11 is 6.48. The van der Waals surface area contributed by atoms with Crippen LogP contribution in [0.3, 0.4) is 0 Å². The highest BCUT2D eigenvalue weighted by atomic mass is 35.5. The second-order valence-corrected chi connectivity index (χ2v) is 10.7. The first-order valence-electron chi connectivity index (χ1n) is 14.1. The Labute approximate surface area is 269 Å². The van der Waals surface area contributed by atoms with Crippen molar-refractivity contribution in [2.75, 3.05) is 6.54 Å². The molecule has 1 amide bonds. The molecule has 12 heteroatoms. The van der Waals surface area contributed by atoms with Gasteiger partial charge in [-0.25, -0.2) is 4.79 Å². The van der Waals surface area contributed by atoms with E-state index < -0.39 is 6.09 Å². The van der Waals surface area contributed by atoms with Crippen LogP contribution in [0.15, 0.2) is 71.4 Å². The Balaban J connectivity index is 1.34. The van der Waals surface area contributed by atoms with Crippen molar-refractivity contribution in [2.24, 2.45) is 0 Å². The summed E-state index contributed by atoms with van der Waals surface area (Å²) in [6.07, 6.45) is 2.87. The molecule has 2 N–H and O–H groups in total. The molecule has 0 aliphatic heterocycles. The molecule has 0 unspecified atom stereocenters. The van der Waals surface area contributed by atoms with Gasteiger partial charge in [0.2, 0.25) is 11.8 Å². The lowest BCUT2D eigenvalue weighted by molar-refractivity contribution is 0.111. The van der Waals surface area contributed by atoms with E-state index in [1.54, 1.807) is 18.3 Å². The van der Waals surface area contributed by atoms with E-state index in [2.05, 4.69) is 20.5 Å². The van der Waals surface area contributed by atoms with Gasteiger partial charge in [0.25, 0.3) is 0 Å². The second-order valence-electron chi connectivity index (χ2n) is 10.3. The quantitative estimate of drug-likeness (QED) is 0.140. The predicted octanol–water partition coefficient (Wildman–Crippen LogP) is 6.72. The fourth-order valence-corrected chi connectivity index (χ4v) is 5.08. The van der Waals surface area contributed by atoms with Gasteiger partial charge in [-0.2, -0.15) is 5.26 Å². The van der Waals surface area contributed by atoms with Crippen LogP contribution < -0.4 is 14.8 Å². The normalized spacial score (nSPS) is 10.7. The molecule has 2 aromatic heterocycles. The summed E-state index contributed by atoms with van der Waals surface area (Å²) in [6, 6.07) is 18.5. The number of nitrogens with zero attached hydrogens (tertiary/aromatic N) is 4. The molecular weight excluding hydrogens is 610 g/mol. The predicted molar refractivity (Wildman–Crippen MR) is 169 cm³/mol. The first kappa shape index (κ1) is 31.7. The summed E-state index contributed by atoms with van der Waals surface area (Å²) in [7, 11) is 0. The van der Waals surface area contributed by atoms with E-state index in [1.807, 2.05) is 56.3 Å². The maximum Gasteiger partial charge on any atom is 0.404 e. The number of aldehydes is 1. The van der Waals surface area contributed by atoms with Crippen LogP contribution in [0.2, 0.25) is 5.02 Å². The van der Waals surface area contributed by atoms with Crippen molar-refractivity contribution in [1.29, 1.82) is 5.26 Å². The molecule has 46 heavy (non-hydrogen) atoms. The van der Waals surface area contributed by atoms with Crippen LogP contribution in [0.25, 0.3) is 22.6 Å². The Morgan fingerprint density at radius 2 is 1.74 bits per heavy atom. The molecule has 5 rings (SSSR count). The highest BCUT2D eigenvalue weighted by molar-refractivity contribution is 6.32. The number of hydrogen-bond acceptors (Lipinski definition) is 9.